The van der Waals surface area contributed by atoms with E-state index in [1.54, 1.807) is 6.20 Å². The molecule has 2 atom stereocenters. The van der Waals surface area contributed by atoms with Crippen molar-refractivity contribution in [1.29, 1.82) is 0 Å². The number of aryl methyl sites for hydroxylation is 1. The number of halogens is 3. The second-order valence-electron chi connectivity index (χ2n) is 7.13. The standard InChI is InChI=1S/C19H24N4O.C2HF3O2/c1-13-7-9-21-17(11-13)14(2)22-19(24)23-10-8-15-5-3-4-6-16(15)18(23)12-20;3-2(4,5)1(6)7/h3-7,9,11,14,18H,8,10,12,20H2,1-2H3,(H,22,24);(H,6,7). The van der Waals surface area contributed by atoms with Gasteiger partial charge in [-0.2, -0.15) is 13.2 Å². The van der Waals surface area contributed by atoms with Gasteiger partial charge in [-0.05, 0) is 49.1 Å². The zero-order valence-corrected chi connectivity index (χ0v) is 17.2. The molecule has 2 amide bonds. The molecule has 3 rings (SSSR count). The van der Waals surface area contributed by atoms with Gasteiger partial charge in [-0.15, -0.1) is 0 Å². The second kappa shape index (κ2) is 10.3. The maximum absolute atomic E-state index is 12.8. The Morgan fingerprint density at radius 2 is 1.97 bits per heavy atom. The second-order valence-corrected chi connectivity index (χ2v) is 7.13. The fourth-order valence-corrected chi connectivity index (χ4v) is 3.29. The van der Waals surface area contributed by atoms with E-state index < -0.39 is 12.1 Å². The zero-order valence-electron chi connectivity index (χ0n) is 17.2. The highest BCUT2D eigenvalue weighted by Crippen LogP contribution is 2.29. The number of urea groups is 1. The number of aliphatic carboxylic acids is 1. The predicted octanol–water partition coefficient (Wildman–Crippen LogP) is 3.35. The molecule has 1 aromatic heterocycles. The zero-order chi connectivity index (χ0) is 23.2. The Morgan fingerprint density at radius 3 is 2.55 bits per heavy atom. The summed E-state index contributed by atoms with van der Waals surface area (Å²) in [5.74, 6) is -2.76. The molecule has 2 heterocycles. The Kier molecular flexibility index (Phi) is 7.98. The van der Waals surface area contributed by atoms with Crippen molar-refractivity contribution in [3.05, 3.63) is 65.0 Å². The summed E-state index contributed by atoms with van der Waals surface area (Å²) in [5.41, 5.74) is 10.4. The van der Waals surface area contributed by atoms with Crippen molar-refractivity contribution >= 4 is 12.0 Å². The van der Waals surface area contributed by atoms with Gasteiger partial charge in [-0.3, -0.25) is 4.98 Å². The molecular formula is C21H25F3N4O3. The van der Waals surface area contributed by atoms with Crippen LogP contribution in [0.5, 0.6) is 0 Å². The number of nitrogens with zero attached hydrogens (tertiary/aromatic N) is 2. The third-order valence-corrected chi connectivity index (χ3v) is 4.86. The average molecular weight is 438 g/mol. The van der Waals surface area contributed by atoms with Gasteiger partial charge < -0.3 is 21.1 Å². The van der Waals surface area contributed by atoms with Crippen LogP contribution < -0.4 is 11.1 Å². The molecule has 0 bridgehead atoms. The molecule has 1 aliphatic heterocycles. The number of hydrogen-bond acceptors (Lipinski definition) is 4. The summed E-state index contributed by atoms with van der Waals surface area (Å²) in [6, 6.07) is 11.9. The van der Waals surface area contributed by atoms with Crippen LogP contribution >= 0.6 is 0 Å². The number of alkyl halides is 3. The topological polar surface area (TPSA) is 109 Å². The number of aromatic nitrogens is 1. The highest BCUT2D eigenvalue weighted by molar-refractivity contribution is 5.76. The number of fused-ring (bicyclic) bond motifs is 1. The molecule has 0 aliphatic carbocycles. The molecule has 0 spiro atoms. The lowest BCUT2D eigenvalue weighted by atomic mass is 9.93. The fraction of sp³-hybridized carbons (Fsp3) is 0.381. The van der Waals surface area contributed by atoms with Crippen molar-refractivity contribution in [1.82, 2.24) is 15.2 Å². The molecule has 31 heavy (non-hydrogen) atoms. The SMILES string of the molecule is Cc1ccnc(C(C)NC(=O)N2CCc3ccccc3C2CN)c1.O=C(O)C(F)(F)F. The number of nitrogens with one attached hydrogen (secondary N) is 1. The van der Waals surface area contributed by atoms with E-state index in [9.17, 15) is 18.0 Å². The van der Waals surface area contributed by atoms with Gasteiger partial charge in [0.15, 0.2) is 0 Å². The van der Waals surface area contributed by atoms with Crippen LogP contribution in [0.1, 0.15) is 41.4 Å². The van der Waals surface area contributed by atoms with Gasteiger partial charge in [0, 0.05) is 19.3 Å². The minimum Gasteiger partial charge on any atom is -0.475 e. The van der Waals surface area contributed by atoms with Crippen LogP contribution in [-0.4, -0.2) is 46.3 Å². The summed E-state index contributed by atoms with van der Waals surface area (Å²) in [4.78, 5) is 27.9. The van der Waals surface area contributed by atoms with Gasteiger partial charge in [0.2, 0.25) is 0 Å². The lowest BCUT2D eigenvalue weighted by molar-refractivity contribution is -0.192. The molecule has 1 aromatic carbocycles. The number of carboxylic acids is 1. The Hall–Kier alpha value is -3.14. The van der Waals surface area contributed by atoms with Gasteiger partial charge in [0.05, 0.1) is 17.8 Å². The predicted molar refractivity (Wildman–Crippen MR) is 108 cm³/mol. The number of pyridine rings is 1. The third-order valence-electron chi connectivity index (χ3n) is 4.86. The average Bonchev–Trinajstić information content (AvgIpc) is 2.72. The smallest absolute Gasteiger partial charge is 0.475 e. The highest BCUT2D eigenvalue weighted by atomic mass is 19.4. The van der Waals surface area contributed by atoms with Crippen LogP contribution in [0.2, 0.25) is 0 Å². The summed E-state index contributed by atoms with van der Waals surface area (Å²) < 4.78 is 31.7. The number of benzene rings is 1. The van der Waals surface area contributed by atoms with Gasteiger partial charge in [0.1, 0.15) is 0 Å². The maximum atomic E-state index is 12.8. The first-order valence-electron chi connectivity index (χ1n) is 9.62. The van der Waals surface area contributed by atoms with E-state index in [4.69, 9.17) is 15.6 Å². The molecule has 0 saturated carbocycles. The summed E-state index contributed by atoms with van der Waals surface area (Å²) in [7, 11) is 0. The van der Waals surface area contributed by atoms with Crippen molar-refractivity contribution < 1.29 is 27.9 Å². The number of hydrogen-bond donors (Lipinski definition) is 3. The van der Waals surface area contributed by atoms with Gasteiger partial charge in [-0.25, -0.2) is 9.59 Å². The normalized spacial score (nSPS) is 16.5. The van der Waals surface area contributed by atoms with Gasteiger partial charge in [0.25, 0.3) is 0 Å². The molecular weight excluding hydrogens is 413 g/mol. The number of nitrogens with two attached hydrogens (primary N) is 1. The van der Waals surface area contributed by atoms with E-state index in [-0.39, 0.29) is 18.1 Å². The van der Waals surface area contributed by atoms with Crippen LogP contribution in [0, 0.1) is 6.92 Å². The fourth-order valence-electron chi connectivity index (χ4n) is 3.29. The van der Waals surface area contributed by atoms with E-state index in [1.807, 2.05) is 43.0 Å². The van der Waals surface area contributed by atoms with E-state index in [0.717, 1.165) is 23.2 Å². The van der Waals surface area contributed by atoms with E-state index in [2.05, 4.69) is 22.4 Å². The van der Waals surface area contributed by atoms with Crippen LogP contribution in [0.15, 0.2) is 42.6 Å². The summed E-state index contributed by atoms with van der Waals surface area (Å²) in [5, 5.41) is 10.2. The van der Waals surface area contributed by atoms with Crippen LogP contribution in [0.25, 0.3) is 0 Å². The van der Waals surface area contributed by atoms with Crippen molar-refractivity contribution in [3.8, 4) is 0 Å². The maximum Gasteiger partial charge on any atom is 0.490 e. The van der Waals surface area contributed by atoms with Crippen molar-refractivity contribution in [2.75, 3.05) is 13.1 Å². The number of amides is 2. The first-order valence-corrected chi connectivity index (χ1v) is 9.62. The lowest BCUT2D eigenvalue weighted by Gasteiger charge is -2.37. The molecule has 0 radical (unpaired) electrons. The lowest BCUT2D eigenvalue weighted by Crippen LogP contribution is -2.48. The first kappa shape index (κ1) is 24.1. The molecule has 10 heteroatoms. The van der Waals surface area contributed by atoms with Crippen molar-refractivity contribution in [3.63, 3.8) is 0 Å². The van der Waals surface area contributed by atoms with Gasteiger partial charge in [-0.1, -0.05) is 24.3 Å². The van der Waals surface area contributed by atoms with Crippen LogP contribution in [0.3, 0.4) is 0 Å². The minimum absolute atomic E-state index is 0.0763. The largest absolute Gasteiger partial charge is 0.490 e. The van der Waals surface area contributed by atoms with Gasteiger partial charge >= 0.3 is 18.2 Å². The molecule has 2 unspecified atom stereocenters. The molecule has 0 saturated heterocycles. The molecule has 2 aromatic rings. The Bertz CT molecular complexity index is 921. The number of carbonyl (C=O) groups excluding carboxylic acids is 1. The molecule has 168 valence electrons. The van der Waals surface area contributed by atoms with Crippen molar-refractivity contribution in [2.24, 2.45) is 5.73 Å². The van der Waals surface area contributed by atoms with E-state index in [0.29, 0.717) is 13.1 Å². The monoisotopic (exact) mass is 438 g/mol. The summed E-state index contributed by atoms with van der Waals surface area (Å²) in [6.45, 7) is 5.07. The van der Waals surface area contributed by atoms with E-state index >= 15 is 0 Å². The van der Waals surface area contributed by atoms with Crippen LogP contribution in [0.4, 0.5) is 18.0 Å². The Morgan fingerprint density at radius 1 is 1.32 bits per heavy atom. The number of carboxylic acid groups (broad SMARTS) is 1. The quantitative estimate of drug-likeness (QED) is 0.681. The third kappa shape index (κ3) is 6.42. The Balaban J connectivity index is 0.000000423. The molecule has 0 fully saturated rings. The summed E-state index contributed by atoms with van der Waals surface area (Å²) >= 11 is 0. The Labute approximate surface area is 178 Å². The number of carbonyl (C=O) groups is 2. The highest BCUT2D eigenvalue weighted by Gasteiger charge is 2.38. The molecule has 7 nitrogen and oxygen atoms in total. The van der Waals surface area contributed by atoms with E-state index in [1.165, 1.54) is 5.56 Å². The first-order chi connectivity index (χ1) is 14.5. The van der Waals surface area contributed by atoms with Crippen LogP contribution in [-0.2, 0) is 11.2 Å². The molecule has 1 aliphatic rings. The number of rotatable bonds is 3. The summed E-state index contributed by atoms with van der Waals surface area (Å²) in [6.07, 6.45) is -2.45. The minimum atomic E-state index is -5.08. The molecule has 4 N–H and O–H groups in total. The van der Waals surface area contributed by atoms with Crippen molar-refractivity contribution in [2.45, 2.75) is 38.5 Å².